The van der Waals surface area contributed by atoms with Gasteiger partial charge in [0.05, 0.1) is 11.8 Å². The summed E-state index contributed by atoms with van der Waals surface area (Å²) in [6.07, 6.45) is 3.48. The third kappa shape index (κ3) is 3.45. The van der Waals surface area contributed by atoms with Crippen molar-refractivity contribution in [3.63, 3.8) is 0 Å². The highest BCUT2D eigenvalue weighted by Crippen LogP contribution is 2.40. The topological polar surface area (TPSA) is 54.9 Å². The predicted molar refractivity (Wildman–Crippen MR) is 106 cm³/mol. The molecule has 1 N–H and O–H groups in total. The number of carbonyl (C=O) groups excluding carboxylic acids is 1. The van der Waals surface area contributed by atoms with Crippen LogP contribution in [0.25, 0.3) is 10.2 Å². The number of aryl methyl sites for hydroxylation is 3. The van der Waals surface area contributed by atoms with Gasteiger partial charge in [-0.3, -0.25) is 4.79 Å². The zero-order valence-electron chi connectivity index (χ0n) is 14.2. The van der Waals surface area contributed by atoms with Gasteiger partial charge < -0.3 is 5.32 Å². The summed E-state index contributed by atoms with van der Waals surface area (Å²) in [5.74, 6) is 1.20. The van der Waals surface area contributed by atoms with Crippen LogP contribution in [0.15, 0.2) is 22.5 Å². The molecule has 3 aromatic heterocycles. The van der Waals surface area contributed by atoms with E-state index >= 15 is 0 Å². The van der Waals surface area contributed by atoms with Crippen LogP contribution < -0.4 is 5.32 Å². The summed E-state index contributed by atoms with van der Waals surface area (Å²) in [6.45, 7) is 3.94. The second-order valence-corrected chi connectivity index (χ2v) is 9.23. The fourth-order valence-corrected chi connectivity index (χ4v) is 6.21. The van der Waals surface area contributed by atoms with Gasteiger partial charge in [-0.2, -0.15) is 0 Å². The Morgan fingerprint density at radius 2 is 2.28 bits per heavy atom. The van der Waals surface area contributed by atoms with Crippen LogP contribution in [0, 0.1) is 6.92 Å². The van der Waals surface area contributed by atoms with Crippen LogP contribution in [0.3, 0.4) is 0 Å². The van der Waals surface area contributed by atoms with Crippen molar-refractivity contribution in [3.05, 3.63) is 38.7 Å². The van der Waals surface area contributed by atoms with Crippen molar-refractivity contribution in [2.75, 3.05) is 5.75 Å². The Morgan fingerprint density at radius 3 is 3.08 bits per heavy atom. The van der Waals surface area contributed by atoms with Gasteiger partial charge in [0, 0.05) is 15.1 Å². The molecular weight excluding hydrogens is 370 g/mol. The molecule has 3 aromatic rings. The molecule has 1 aliphatic carbocycles. The first kappa shape index (κ1) is 17.0. The molecule has 0 bridgehead atoms. The summed E-state index contributed by atoms with van der Waals surface area (Å²) < 4.78 is 0. The fourth-order valence-electron chi connectivity index (χ4n) is 3.19. The molecule has 0 spiro atoms. The largest absolute Gasteiger partial charge is 0.348 e. The molecule has 0 aromatic carbocycles. The Morgan fingerprint density at radius 1 is 1.40 bits per heavy atom. The number of rotatable bonds is 5. The lowest BCUT2D eigenvalue weighted by Crippen LogP contribution is -2.27. The average molecular weight is 390 g/mol. The van der Waals surface area contributed by atoms with Gasteiger partial charge in [0.2, 0.25) is 5.91 Å². The quantitative estimate of drug-likeness (QED) is 0.515. The smallest absolute Gasteiger partial charge is 0.230 e. The molecule has 0 saturated carbocycles. The molecule has 3 heterocycles. The zero-order valence-corrected chi connectivity index (χ0v) is 16.6. The van der Waals surface area contributed by atoms with Crippen LogP contribution in [0.4, 0.5) is 0 Å². The summed E-state index contributed by atoms with van der Waals surface area (Å²) in [7, 11) is 0. The third-order valence-electron chi connectivity index (χ3n) is 4.33. The minimum absolute atomic E-state index is 0.0437. The maximum Gasteiger partial charge on any atom is 0.230 e. The van der Waals surface area contributed by atoms with E-state index in [9.17, 15) is 4.79 Å². The lowest BCUT2D eigenvalue weighted by molar-refractivity contribution is -0.119. The summed E-state index contributed by atoms with van der Waals surface area (Å²) in [5.41, 5.74) is 1.41. The highest BCUT2D eigenvalue weighted by molar-refractivity contribution is 8.00. The molecular formula is C18H19N3OS3. The van der Waals surface area contributed by atoms with Gasteiger partial charge in [-0.15, -0.1) is 22.7 Å². The summed E-state index contributed by atoms with van der Waals surface area (Å²) in [5, 5.41) is 7.25. The zero-order chi connectivity index (χ0) is 17.4. The van der Waals surface area contributed by atoms with Crippen LogP contribution in [-0.2, 0) is 17.6 Å². The SMILES string of the molecule is Cc1nc(SCC(=O)N[C@@H](C)c2cccs2)c2c3c(sc2n1)CCC3. The summed E-state index contributed by atoms with van der Waals surface area (Å²) in [4.78, 5) is 25.3. The van der Waals surface area contributed by atoms with E-state index in [0.717, 1.165) is 28.5 Å². The van der Waals surface area contributed by atoms with E-state index in [2.05, 4.69) is 21.4 Å². The number of fused-ring (bicyclic) bond motifs is 3. The van der Waals surface area contributed by atoms with Crippen molar-refractivity contribution >= 4 is 50.6 Å². The number of amides is 1. The maximum absolute atomic E-state index is 12.3. The monoisotopic (exact) mass is 389 g/mol. The number of nitrogens with one attached hydrogen (secondary N) is 1. The lowest BCUT2D eigenvalue weighted by Gasteiger charge is -2.12. The van der Waals surface area contributed by atoms with E-state index < -0.39 is 0 Å². The van der Waals surface area contributed by atoms with Crippen LogP contribution in [0.1, 0.15) is 40.5 Å². The predicted octanol–water partition coefficient (Wildman–Crippen LogP) is 4.52. The van der Waals surface area contributed by atoms with E-state index in [0.29, 0.717) is 5.75 Å². The first-order chi connectivity index (χ1) is 12.1. The molecule has 7 heteroatoms. The number of hydrogen-bond acceptors (Lipinski definition) is 6. The van der Waals surface area contributed by atoms with Crippen LogP contribution in [0.5, 0.6) is 0 Å². The second-order valence-electron chi connectivity index (χ2n) is 6.21. The van der Waals surface area contributed by atoms with E-state index in [1.54, 1.807) is 22.7 Å². The highest BCUT2D eigenvalue weighted by Gasteiger charge is 2.22. The Bertz CT molecular complexity index is 917. The van der Waals surface area contributed by atoms with Crippen molar-refractivity contribution < 1.29 is 4.79 Å². The van der Waals surface area contributed by atoms with Gasteiger partial charge in [0.25, 0.3) is 0 Å². The molecule has 0 aliphatic heterocycles. The highest BCUT2D eigenvalue weighted by atomic mass is 32.2. The normalized spacial score (nSPS) is 14.6. The number of carbonyl (C=O) groups is 1. The minimum Gasteiger partial charge on any atom is -0.348 e. The molecule has 0 saturated heterocycles. The number of nitrogens with zero attached hydrogens (tertiary/aromatic N) is 2. The Kier molecular flexibility index (Phi) is 4.80. The van der Waals surface area contributed by atoms with Gasteiger partial charge in [-0.25, -0.2) is 9.97 Å². The average Bonchev–Trinajstić information content (AvgIpc) is 3.28. The van der Waals surface area contributed by atoms with E-state index in [4.69, 9.17) is 0 Å². The van der Waals surface area contributed by atoms with Gasteiger partial charge in [0.1, 0.15) is 15.7 Å². The molecule has 4 nitrogen and oxygen atoms in total. The van der Waals surface area contributed by atoms with E-state index in [-0.39, 0.29) is 11.9 Å². The molecule has 0 unspecified atom stereocenters. The van der Waals surface area contributed by atoms with Crippen molar-refractivity contribution in [3.8, 4) is 0 Å². The number of thioether (sulfide) groups is 1. The lowest BCUT2D eigenvalue weighted by atomic mass is 10.2. The van der Waals surface area contributed by atoms with Crippen molar-refractivity contribution in [2.24, 2.45) is 0 Å². The Balaban J connectivity index is 1.50. The van der Waals surface area contributed by atoms with Crippen molar-refractivity contribution in [1.82, 2.24) is 15.3 Å². The maximum atomic E-state index is 12.3. The summed E-state index contributed by atoms with van der Waals surface area (Å²) in [6, 6.07) is 4.11. The molecule has 1 aliphatic rings. The number of aromatic nitrogens is 2. The van der Waals surface area contributed by atoms with Gasteiger partial charge in [0.15, 0.2) is 0 Å². The van der Waals surface area contributed by atoms with Gasteiger partial charge in [-0.1, -0.05) is 17.8 Å². The van der Waals surface area contributed by atoms with Gasteiger partial charge >= 0.3 is 0 Å². The molecule has 4 rings (SSSR count). The van der Waals surface area contributed by atoms with E-state index in [1.165, 1.54) is 38.9 Å². The van der Waals surface area contributed by atoms with Crippen molar-refractivity contribution in [1.29, 1.82) is 0 Å². The molecule has 0 radical (unpaired) electrons. The van der Waals surface area contributed by atoms with E-state index in [1.807, 2.05) is 25.3 Å². The standard InChI is InChI=1S/C18H19N3OS3/c1-10(13-7-4-8-23-13)19-15(22)9-24-17-16-12-5-3-6-14(12)25-18(16)21-11(2)20-17/h4,7-8,10H,3,5-6,9H2,1-2H3,(H,19,22)/t10-/m0/s1. The molecule has 25 heavy (non-hydrogen) atoms. The Labute approximate surface area is 159 Å². The van der Waals surface area contributed by atoms with Crippen LogP contribution in [0.2, 0.25) is 0 Å². The number of hydrogen-bond donors (Lipinski definition) is 1. The number of thiophene rings is 2. The molecule has 1 atom stereocenters. The third-order valence-corrected chi connectivity index (χ3v) is 7.55. The summed E-state index contributed by atoms with van der Waals surface area (Å²) >= 11 is 4.99. The Hall–Kier alpha value is -1.44. The second kappa shape index (κ2) is 7.05. The molecule has 130 valence electrons. The minimum atomic E-state index is 0.0437. The molecule has 1 amide bonds. The first-order valence-electron chi connectivity index (χ1n) is 8.36. The fraction of sp³-hybridized carbons (Fsp3) is 0.389. The van der Waals surface area contributed by atoms with Crippen LogP contribution in [-0.4, -0.2) is 21.6 Å². The van der Waals surface area contributed by atoms with Gasteiger partial charge in [-0.05, 0) is 50.1 Å². The van der Waals surface area contributed by atoms with Crippen molar-refractivity contribution in [2.45, 2.75) is 44.2 Å². The van der Waals surface area contributed by atoms with Crippen LogP contribution >= 0.6 is 34.4 Å². The molecule has 0 fully saturated rings. The first-order valence-corrected chi connectivity index (χ1v) is 11.0.